The van der Waals surface area contributed by atoms with E-state index in [1.807, 2.05) is 0 Å². The highest BCUT2D eigenvalue weighted by Gasteiger charge is 2.16. The monoisotopic (exact) mass is 284 g/mol. The first-order valence-corrected chi connectivity index (χ1v) is 7.33. The Balaban J connectivity index is 2.65. The van der Waals surface area contributed by atoms with Crippen molar-refractivity contribution in [3.05, 3.63) is 29.1 Å². The molecule has 0 aliphatic heterocycles. The maximum atomic E-state index is 11.2. The quantitative estimate of drug-likeness (QED) is 0.732. The number of hydrogen-bond donors (Lipinski definition) is 3. The van der Waals surface area contributed by atoms with Crippen LogP contribution in [0, 0.1) is 6.92 Å². The first-order valence-electron chi connectivity index (χ1n) is 5.01. The molecule has 5 N–H and O–H groups in total. The molecule has 0 spiro atoms. The molecule has 0 bridgehead atoms. The molecular formula is C11H12N2O3S2. The van der Waals surface area contributed by atoms with Crippen LogP contribution < -0.4 is 11.5 Å². The summed E-state index contributed by atoms with van der Waals surface area (Å²) in [6.07, 6.45) is 0. The summed E-state index contributed by atoms with van der Waals surface area (Å²) in [7, 11) is -4.24. The molecule has 0 unspecified atom stereocenters. The van der Waals surface area contributed by atoms with E-state index >= 15 is 0 Å². The summed E-state index contributed by atoms with van der Waals surface area (Å²) >= 11 is 1.33. The Morgan fingerprint density at radius 1 is 1.28 bits per heavy atom. The van der Waals surface area contributed by atoms with E-state index in [0.29, 0.717) is 27.4 Å². The summed E-state index contributed by atoms with van der Waals surface area (Å²) in [5.41, 5.74) is 13.4. The molecular weight excluding hydrogens is 272 g/mol. The zero-order valence-corrected chi connectivity index (χ0v) is 11.2. The van der Waals surface area contributed by atoms with E-state index in [1.54, 1.807) is 24.4 Å². The standard InChI is InChI=1S/C11H12N2O3S2/c1-6-2-3-7(4-9(6)18(14,15)16)11-10(13)8(12)5-17-11/h2-5H,12-13H2,1H3,(H,14,15,16). The van der Waals surface area contributed by atoms with E-state index in [2.05, 4.69) is 0 Å². The average Bonchev–Trinajstić information content (AvgIpc) is 2.59. The van der Waals surface area contributed by atoms with Crippen molar-refractivity contribution in [3.63, 3.8) is 0 Å². The smallest absolute Gasteiger partial charge is 0.294 e. The predicted molar refractivity (Wildman–Crippen MR) is 73.1 cm³/mol. The summed E-state index contributed by atoms with van der Waals surface area (Å²) in [6, 6.07) is 4.76. The SMILES string of the molecule is Cc1ccc(-c2scc(N)c2N)cc1S(=O)(=O)O. The molecule has 0 saturated heterocycles. The topological polar surface area (TPSA) is 106 Å². The van der Waals surface area contributed by atoms with Crippen molar-refractivity contribution in [2.45, 2.75) is 11.8 Å². The molecule has 18 heavy (non-hydrogen) atoms. The van der Waals surface area contributed by atoms with Crippen molar-refractivity contribution < 1.29 is 13.0 Å². The van der Waals surface area contributed by atoms with Gasteiger partial charge in [-0.3, -0.25) is 4.55 Å². The molecule has 1 aromatic carbocycles. The molecule has 0 saturated carbocycles. The molecule has 96 valence electrons. The fraction of sp³-hybridized carbons (Fsp3) is 0.0909. The molecule has 1 heterocycles. The van der Waals surface area contributed by atoms with Crippen LogP contribution in [0.15, 0.2) is 28.5 Å². The number of nitrogen functional groups attached to an aromatic ring is 2. The maximum Gasteiger partial charge on any atom is 0.294 e. The van der Waals surface area contributed by atoms with Crippen molar-refractivity contribution in [2.75, 3.05) is 11.5 Å². The van der Waals surface area contributed by atoms with Crippen LogP contribution in [-0.4, -0.2) is 13.0 Å². The molecule has 0 atom stereocenters. The third-order valence-corrected chi connectivity index (χ3v) is 4.65. The molecule has 1 aromatic heterocycles. The Hall–Kier alpha value is -1.57. The number of benzene rings is 1. The molecule has 0 aliphatic carbocycles. The molecule has 0 fully saturated rings. The van der Waals surface area contributed by atoms with E-state index in [9.17, 15) is 8.42 Å². The highest BCUT2D eigenvalue weighted by atomic mass is 32.2. The number of aryl methyl sites for hydroxylation is 1. The van der Waals surface area contributed by atoms with Crippen LogP contribution in [0.2, 0.25) is 0 Å². The van der Waals surface area contributed by atoms with Gasteiger partial charge >= 0.3 is 0 Å². The van der Waals surface area contributed by atoms with Crippen molar-refractivity contribution >= 4 is 32.8 Å². The largest absolute Gasteiger partial charge is 0.396 e. The third kappa shape index (κ3) is 2.20. The summed E-state index contributed by atoms with van der Waals surface area (Å²) in [5.74, 6) is 0. The first kappa shape index (κ1) is 12.9. The lowest BCUT2D eigenvalue weighted by Gasteiger charge is -2.06. The van der Waals surface area contributed by atoms with Gasteiger partial charge in [0.2, 0.25) is 0 Å². The van der Waals surface area contributed by atoms with E-state index in [4.69, 9.17) is 16.0 Å². The summed E-state index contributed by atoms with van der Waals surface area (Å²) < 4.78 is 31.6. The minimum Gasteiger partial charge on any atom is -0.396 e. The van der Waals surface area contributed by atoms with Gasteiger partial charge in [-0.15, -0.1) is 11.3 Å². The van der Waals surface area contributed by atoms with Crippen molar-refractivity contribution in [2.24, 2.45) is 0 Å². The van der Waals surface area contributed by atoms with Gasteiger partial charge in [0.05, 0.1) is 21.1 Å². The summed E-state index contributed by atoms with van der Waals surface area (Å²) in [6.45, 7) is 1.61. The van der Waals surface area contributed by atoms with Crippen LogP contribution in [0.4, 0.5) is 11.4 Å². The van der Waals surface area contributed by atoms with Gasteiger partial charge in [-0.05, 0) is 24.1 Å². The van der Waals surface area contributed by atoms with Crippen LogP contribution in [0.25, 0.3) is 10.4 Å². The normalized spacial score (nSPS) is 11.7. The molecule has 7 heteroatoms. The fourth-order valence-corrected chi connectivity index (χ4v) is 3.25. The number of thiophene rings is 1. The van der Waals surface area contributed by atoms with Crippen molar-refractivity contribution in [3.8, 4) is 10.4 Å². The summed E-state index contributed by atoms with van der Waals surface area (Å²) in [4.78, 5) is 0.573. The van der Waals surface area contributed by atoms with Crippen LogP contribution in [-0.2, 0) is 10.1 Å². The van der Waals surface area contributed by atoms with Crippen LogP contribution in [0.5, 0.6) is 0 Å². The average molecular weight is 284 g/mol. The zero-order valence-electron chi connectivity index (χ0n) is 9.54. The lowest BCUT2D eigenvalue weighted by atomic mass is 10.1. The lowest BCUT2D eigenvalue weighted by Crippen LogP contribution is -2.01. The van der Waals surface area contributed by atoms with Gasteiger partial charge in [0.1, 0.15) is 0 Å². The molecule has 0 aliphatic rings. The highest BCUT2D eigenvalue weighted by Crippen LogP contribution is 2.37. The van der Waals surface area contributed by atoms with E-state index in [0.717, 1.165) is 0 Å². The van der Waals surface area contributed by atoms with E-state index in [1.165, 1.54) is 17.4 Å². The molecule has 2 aromatic rings. The highest BCUT2D eigenvalue weighted by molar-refractivity contribution is 7.85. The van der Waals surface area contributed by atoms with Gasteiger partial charge in [-0.25, -0.2) is 0 Å². The Morgan fingerprint density at radius 2 is 1.94 bits per heavy atom. The lowest BCUT2D eigenvalue weighted by molar-refractivity contribution is 0.482. The van der Waals surface area contributed by atoms with Crippen molar-refractivity contribution in [1.82, 2.24) is 0 Å². The predicted octanol–water partition coefficient (Wildman–Crippen LogP) is 2.13. The minimum absolute atomic E-state index is 0.119. The Kier molecular flexibility index (Phi) is 3.05. The molecule has 2 rings (SSSR count). The van der Waals surface area contributed by atoms with Gasteiger partial charge in [0, 0.05) is 5.38 Å². The Morgan fingerprint density at radius 3 is 2.44 bits per heavy atom. The van der Waals surface area contributed by atoms with E-state index in [-0.39, 0.29) is 4.90 Å². The molecule has 0 amide bonds. The van der Waals surface area contributed by atoms with Crippen LogP contribution in [0.1, 0.15) is 5.56 Å². The number of hydrogen-bond acceptors (Lipinski definition) is 5. The van der Waals surface area contributed by atoms with Gasteiger partial charge in [-0.2, -0.15) is 8.42 Å². The Bertz CT molecular complexity index is 705. The Labute approximate surface area is 109 Å². The second-order valence-electron chi connectivity index (χ2n) is 3.89. The molecule has 0 radical (unpaired) electrons. The summed E-state index contributed by atoms with van der Waals surface area (Å²) in [5, 5.41) is 1.69. The fourth-order valence-electron chi connectivity index (χ4n) is 1.62. The van der Waals surface area contributed by atoms with Crippen LogP contribution in [0.3, 0.4) is 0 Å². The van der Waals surface area contributed by atoms with Gasteiger partial charge in [0.25, 0.3) is 10.1 Å². The minimum atomic E-state index is -4.24. The first-order chi connectivity index (χ1) is 8.30. The molecule has 5 nitrogen and oxygen atoms in total. The second kappa shape index (κ2) is 4.27. The maximum absolute atomic E-state index is 11.2. The second-order valence-corrected chi connectivity index (χ2v) is 6.16. The van der Waals surface area contributed by atoms with Gasteiger partial charge in [-0.1, -0.05) is 12.1 Å². The number of nitrogens with two attached hydrogens (primary N) is 2. The van der Waals surface area contributed by atoms with Crippen LogP contribution >= 0.6 is 11.3 Å². The van der Waals surface area contributed by atoms with Gasteiger partial charge < -0.3 is 11.5 Å². The van der Waals surface area contributed by atoms with Crippen molar-refractivity contribution in [1.29, 1.82) is 0 Å². The zero-order chi connectivity index (χ0) is 13.5. The van der Waals surface area contributed by atoms with Gasteiger partial charge in [0.15, 0.2) is 0 Å². The number of anilines is 2. The van der Waals surface area contributed by atoms with E-state index < -0.39 is 10.1 Å². The number of rotatable bonds is 2. The third-order valence-electron chi connectivity index (χ3n) is 2.59.